The molecule has 0 fully saturated rings. The van der Waals surface area contributed by atoms with Gasteiger partial charge in [0.2, 0.25) is 0 Å². The molecule has 2 aromatic carbocycles. The molecule has 0 saturated carbocycles. The molecule has 1 aromatic heterocycles. The van der Waals surface area contributed by atoms with Gasteiger partial charge in [0.1, 0.15) is 5.75 Å². The summed E-state index contributed by atoms with van der Waals surface area (Å²) in [6.45, 7) is -0.743. The summed E-state index contributed by atoms with van der Waals surface area (Å²) in [6.07, 6.45) is 0. The third-order valence-corrected chi connectivity index (χ3v) is 3.82. The second-order valence-corrected chi connectivity index (χ2v) is 5.39. The fraction of sp³-hybridized carbons (Fsp3) is 0.235. The maximum absolute atomic E-state index is 12.6. The number of nitrogens with zero attached hydrogens (tertiary/aromatic N) is 2. The van der Waals surface area contributed by atoms with E-state index in [4.69, 9.17) is 0 Å². The van der Waals surface area contributed by atoms with Crippen molar-refractivity contribution < 1.29 is 13.5 Å². The van der Waals surface area contributed by atoms with Gasteiger partial charge in [-0.15, -0.1) is 0 Å². The highest BCUT2D eigenvalue weighted by atomic mass is 19.3. The van der Waals surface area contributed by atoms with E-state index in [1.165, 1.54) is 10.7 Å². The van der Waals surface area contributed by atoms with Crippen LogP contribution >= 0.6 is 0 Å². The predicted octanol–water partition coefficient (Wildman–Crippen LogP) is 3.30. The second-order valence-electron chi connectivity index (χ2n) is 5.39. The van der Waals surface area contributed by atoms with Crippen LogP contribution in [0.4, 0.5) is 8.78 Å². The minimum absolute atomic E-state index is 0.121. The number of para-hydroxylation sites is 1. The van der Waals surface area contributed by atoms with Crippen LogP contribution in [0.5, 0.6) is 5.75 Å². The van der Waals surface area contributed by atoms with E-state index in [0.717, 1.165) is 11.1 Å². The summed E-state index contributed by atoms with van der Waals surface area (Å²) in [4.78, 5) is 12.3. The Bertz CT molecular complexity index is 913. The van der Waals surface area contributed by atoms with Crippen LogP contribution in [0, 0.1) is 6.92 Å². The Morgan fingerprint density at radius 3 is 2.65 bits per heavy atom. The number of fused-ring (bicyclic) bond motifs is 1. The Morgan fingerprint density at radius 2 is 1.91 bits per heavy atom. The number of halogens is 2. The lowest BCUT2D eigenvalue weighted by Gasteiger charge is -2.14. The van der Waals surface area contributed by atoms with Crippen molar-refractivity contribution in [1.29, 1.82) is 0 Å². The fourth-order valence-electron chi connectivity index (χ4n) is 2.72. The van der Waals surface area contributed by atoms with Crippen LogP contribution in [0.25, 0.3) is 10.9 Å². The van der Waals surface area contributed by atoms with Crippen molar-refractivity contribution in [1.82, 2.24) is 9.36 Å². The van der Waals surface area contributed by atoms with Crippen LogP contribution in [-0.4, -0.2) is 16.0 Å². The SMILES string of the molecule is Cc1ccc(OC(F)F)c(Cn2c3ccccc3c(=O)n2C)c1. The van der Waals surface area contributed by atoms with Gasteiger partial charge >= 0.3 is 6.61 Å². The maximum Gasteiger partial charge on any atom is 0.387 e. The topological polar surface area (TPSA) is 36.2 Å². The van der Waals surface area contributed by atoms with Gasteiger partial charge < -0.3 is 4.74 Å². The molecule has 0 radical (unpaired) electrons. The van der Waals surface area contributed by atoms with E-state index in [2.05, 4.69) is 4.74 Å². The Balaban J connectivity index is 2.11. The van der Waals surface area contributed by atoms with Crippen LogP contribution in [0.1, 0.15) is 11.1 Å². The van der Waals surface area contributed by atoms with Gasteiger partial charge in [-0.3, -0.25) is 14.2 Å². The number of hydrogen-bond acceptors (Lipinski definition) is 2. The molecule has 0 atom stereocenters. The van der Waals surface area contributed by atoms with Gasteiger partial charge in [0.25, 0.3) is 5.56 Å². The standard InChI is InChI=1S/C17H16F2N2O2/c1-11-7-8-15(23-17(18)19)12(9-11)10-21-14-6-4-3-5-13(14)16(22)20(21)2/h3-9,17H,10H2,1-2H3. The van der Waals surface area contributed by atoms with Gasteiger partial charge in [0.05, 0.1) is 17.4 Å². The number of hydrogen-bond donors (Lipinski definition) is 0. The smallest absolute Gasteiger partial charge is 0.387 e. The zero-order valence-corrected chi connectivity index (χ0v) is 12.8. The largest absolute Gasteiger partial charge is 0.434 e. The summed E-state index contributed by atoms with van der Waals surface area (Å²) in [6, 6.07) is 12.3. The molecule has 0 aliphatic carbocycles. The van der Waals surface area contributed by atoms with Gasteiger partial charge in [0.15, 0.2) is 0 Å². The zero-order valence-electron chi connectivity index (χ0n) is 12.8. The van der Waals surface area contributed by atoms with Crippen LogP contribution in [-0.2, 0) is 13.6 Å². The number of alkyl halides is 2. The lowest BCUT2D eigenvalue weighted by molar-refractivity contribution is -0.0505. The summed E-state index contributed by atoms with van der Waals surface area (Å²) in [7, 11) is 1.66. The molecule has 0 unspecified atom stereocenters. The van der Waals surface area contributed by atoms with E-state index in [0.29, 0.717) is 10.9 Å². The first-order valence-corrected chi connectivity index (χ1v) is 7.16. The molecular weight excluding hydrogens is 302 g/mol. The average Bonchev–Trinajstić information content (AvgIpc) is 2.75. The van der Waals surface area contributed by atoms with Gasteiger partial charge in [-0.05, 0) is 25.1 Å². The molecule has 120 valence electrons. The van der Waals surface area contributed by atoms with E-state index in [1.807, 2.05) is 19.1 Å². The summed E-state index contributed by atoms with van der Waals surface area (Å²) >= 11 is 0. The summed E-state index contributed by atoms with van der Waals surface area (Å²) in [5, 5.41) is 0.596. The summed E-state index contributed by atoms with van der Waals surface area (Å²) < 4.78 is 33.0. The van der Waals surface area contributed by atoms with Crippen LogP contribution < -0.4 is 10.3 Å². The number of ether oxygens (including phenoxy) is 1. The first-order valence-electron chi connectivity index (χ1n) is 7.16. The highest BCUT2D eigenvalue weighted by Gasteiger charge is 2.14. The number of aryl methyl sites for hydroxylation is 1. The normalized spacial score (nSPS) is 11.3. The lowest BCUT2D eigenvalue weighted by atomic mass is 10.1. The van der Waals surface area contributed by atoms with Gasteiger partial charge in [-0.25, -0.2) is 0 Å². The highest BCUT2D eigenvalue weighted by Crippen LogP contribution is 2.24. The molecule has 6 heteroatoms. The highest BCUT2D eigenvalue weighted by molar-refractivity contribution is 5.78. The third kappa shape index (κ3) is 2.84. The van der Waals surface area contributed by atoms with E-state index >= 15 is 0 Å². The monoisotopic (exact) mass is 318 g/mol. The molecule has 0 aliphatic rings. The summed E-state index contributed by atoms with van der Waals surface area (Å²) in [5.74, 6) is 0.121. The van der Waals surface area contributed by atoms with Gasteiger partial charge in [0, 0.05) is 12.6 Å². The van der Waals surface area contributed by atoms with Crippen LogP contribution in [0.2, 0.25) is 0 Å². The van der Waals surface area contributed by atoms with E-state index in [1.54, 1.807) is 36.0 Å². The molecule has 0 spiro atoms. The van der Waals surface area contributed by atoms with Crippen LogP contribution in [0.15, 0.2) is 47.3 Å². The molecule has 0 N–H and O–H groups in total. The van der Waals surface area contributed by atoms with Crippen molar-refractivity contribution in [2.75, 3.05) is 0 Å². The molecule has 0 saturated heterocycles. The molecular formula is C17H16F2N2O2. The zero-order chi connectivity index (χ0) is 16.6. The number of benzene rings is 2. The summed E-state index contributed by atoms with van der Waals surface area (Å²) in [5.41, 5.74) is 2.17. The predicted molar refractivity (Wildman–Crippen MR) is 84.1 cm³/mol. The quantitative estimate of drug-likeness (QED) is 0.740. The second kappa shape index (κ2) is 5.87. The van der Waals surface area contributed by atoms with E-state index < -0.39 is 6.61 Å². The van der Waals surface area contributed by atoms with Crippen molar-refractivity contribution in [3.05, 3.63) is 63.9 Å². The lowest BCUT2D eigenvalue weighted by Crippen LogP contribution is -2.20. The van der Waals surface area contributed by atoms with E-state index in [9.17, 15) is 13.6 Å². The molecule has 0 amide bonds. The minimum Gasteiger partial charge on any atom is -0.434 e. The van der Waals surface area contributed by atoms with Crippen molar-refractivity contribution in [2.45, 2.75) is 20.1 Å². The molecule has 0 bridgehead atoms. The van der Waals surface area contributed by atoms with Crippen LogP contribution in [0.3, 0.4) is 0 Å². The van der Waals surface area contributed by atoms with Crippen molar-refractivity contribution >= 4 is 10.9 Å². The van der Waals surface area contributed by atoms with E-state index in [-0.39, 0.29) is 17.9 Å². The van der Waals surface area contributed by atoms with Gasteiger partial charge in [-0.1, -0.05) is 29.8 Å². The first-order chi connectivity index (χ1) is 11.0. The Morgan fingerprint density at radius 1 is 1.17 bits per heavy atom. The molecule has 0 aliphatic heterocycles. The Kier molecular flexibility index (Phi) is 3.90. The molecule has 3 rings (SSSR count). The first kappa shape index (κ1) is 15.3. The molecule has 3 aromatic rings. The molecule has 23 heavy (non-hydrogen) atoms. The number of rotatable bonds is 4. The third-order valence-electron chi connectivity index (χ3n) is 3.82. The molecule has 1 heterocycles. The number of aromatic nitrogens is 2. The minimum atomic E-state index is -2.89. The average molecular weight is 318 g/mol. The Hall–Kier alpha value is -2.63. The Labute approximate surface area is 131 Å². The van der Waals surface area contributed by atoms with Gasteiger partial charge in [-0.2, -0.15) is 8.78 Å². The fourth-order valence-corrected chi connectivity index (χ4v) is 2.72. The maximum atomic E-state index is 12.6. The van der Waals surface area contributed by atoms with Crippen molar-refractivity contribution in [3.63, 3.8) is 0 Å². The van der Waals surface area contributed by atoms with Crippen molar-refractivity contribution in [3.8, 4) is 5.75 Å². The van der Waals surface area contributed by atoms with Crippen molar-refractivity contribution in [2.24, 2.45) is 7.05 Å². The molecule has 4 nitrogen and oxygen atoms in total.